The van der Waals surface area contributed by atoms with E-state index in [0.717, 1.165) is 47.3 Å². The average Bonchev–Trinajstić information content (AvgIpc) is 2.90. The summed E-state index contributed by atoms with van der Waals surface area (Å²) in [6, 6.07) is 10.4. The smallest absolute Gasteiger partial charge is 0.416 e. The van der Waals surface area contributed by atoms with Crippen molar-refractivity contribution in [1.82, 2.24) is 4.90 Å². The van der Waals surface area contributed by atoms with Crippen LogP contribution in [-0.2, 0) is 15.8 Å². The van der Waals surface area contributed by atoms with Crippen LogP contribution in [-0.4, -0.2) is 34.3 Å². The van der Waals surface area contributed by atoms with Gasteiger partial charge in [-0.15, -0.1) is 0 Å². The van der Waals surface area contributed by atoms with Gasteiger partial charge in [-0.25, -0.2) is 4.79 Å². The number of hydrogen-bond acceptors (Lipinski definition) is 4. The van der Waals surface area contributed by atoms with Crippen LogP contribution in [0, 0.1) is 17.2 Å². The van der Waals surface area contributed by atoms with Crippen molar-refractivity contribution in [3.05, 3.63) is 76.5 Å². The number of benzene rings is 2. The van der Waals surface area contributed by atoms with E-state index in [1.807, 2.05) is 6.07 Å². The molecule has 0 saturated heterocycles. The van der Waals surface area contributed by atoms with Gasteiger partial charge >= 0.3 is 18.2 Å². The highest BCUT2D eigenvalue weighted by atomic mass is 19.4. The number of Topliss-reactive ketones (excluding diaryl/α,β-unsaturated/α-hetero) is 1. The monoisotopic (exact) mass is 525 g/mol. The van der Waals surface area contributed by atoms with Gasteiger partial charge in [0.15, 0.2) is 5.78 Å². The molecule has 1 heterocycles. The van der Waals surface area contributed by atoms with Crippen molar-refractivity contribution in [3.8, 4) is 6.07 Å². The number of alkyl halides is 3. The van der Waals surface area contributed by atoms with Gasteiger partial charge in [-0.05, 0) is 55.7 Å². The summed E-state index contributed by atoms with van der Waals surface area (Å²) < 4.78 is 40.5. The molecule has 4 rings (SSSR count). The first kappa shape index (κ1) is 26.9. The number of amides is 2. The molecule has 38 heavy (non-hydrogen) atoms. The molecule has 0 radical (unpaired) electrons. The van der Waals surface area contributed by atoms with Crippen LogP contribution in [0.25, 0.3) is 0 Å². The number of hydrogen-bond donors (Lipinski definition) is 1. The minimum atomic E-state index is -4.67. The van der Waals surface area contributed by atoms with Crippen LogP contribution in [0.5, 0.6) is 0 Å². The van der Waals surface area contributed by atoms with Crippen LogP contribution < -0.4 is 4.90 Å². The number of urea groups is 1. The number of nitriles is 1. The molecular formula is C28H26F3N3O4. The van der Waals surface area contributed by atoms with Crippen molar-refractivity contribution in [2.75, 3.05) is 11.4 Å². The van der Waals surface area contributed by atoms with Gasteiger partial charge in [0.25, 0.3) is 0 Å². The molecule has 1 atom stereocenters. The third-order valence-electron chi connectivity index (χ3n) is 7.08. The number of carbonyl (C=O) groups excluding carboxylic acids is 2. The normalized spacial score (nSPS) is 18.9. The van der Waals surface area contributed by atoms with E-state index >= 15 is 0 Å². The van der Waals surface area contributed by atoms with Gasteiger partial charge in [0, 0.05) is 17.2 Å². The molecule has 1 aliphatic carbocycles. The van der Waals surface area contributed by atoms with Gasteiger partial charge in [-0.1, -0.05) is 37.5 Å². The van der Waals surface area contributed by atoms with Gasteiger partial charge in [-0.2, -0.15) is 18.4 Å². The number of aliphatic carboxylic acids is 1. The zero-order valence-electron chi connectivity index (χ0n) is 20.7. The van der Waals surface area contributed by atoms with Crippen molar-refractivity contribution >= 4 is 23.5 Å². The third-order valence-corrected chi connectivity index (χ3v) is 7.08. The number of halogens is 3. The van der Waals surface area contributed by atoms with E-state index in [9.17, 15) is 37.9 Å². The first-order valence-corrected chi connectivity index (χ1v) is 12.3. The molecular weight excluding hydrogens is 499 g/mol. The van der Waals surface area contributed by atoms with E-state index < -0.39 is 36.3 Å². The predicted octanol–water partition coefficient (Wildman–Crippen LogP) is 6.07. The minimum Gasteiger partial charge on any atom is -0.480 e. The number of ketones is 1. The molecule has 198 valence electrons. The Morgan fingerprint density at radius 1 is 1.08 bits per heavy atom. The maximum Gasteiger partial charge on any atom is 0.416 e. The quantitative estimate of drug-likeness (QED) is 0.493. The van der Waals surface area contributed by atoms with E-state index in [1.165, 1.54) is 25.1 Å². The lowest BCUT2D eigenvalue weighted by Gasteiger charge is -2.43. The molecule has 1 unspecified atom stereocenters. The van der Waals surface area contributed by atoms with Crippen molar-refractivity contribution in [2.24, 2.45) is 5.92 Å². The molecule has 1 aliphatic heterocycles. The first-order valence-electron chi connectivity index (χ1n) is 12.3. The lowest BCUT2D eigenvalue weighted by molar-refractivity contribution is -0.138. The largest absolute Gasteiger partial charge is 0.480 e. The fourth-order valence-corrected chi connectivity index (χ4v) is 5.27. The first-order chi connectivity index (χ1) is 18.0. The lowest BCUT2D eigenvalue weighted by Crippen LogP contribution is -2.52. The molecule has 0 aromatic heterocycles. The number of nitrogens with zero attached hydrogens (tertiary/aromatic N) is 3. The molecule has 1 fully saturated rings. The Morgan fingerprint density at radius 2 is 1.74 bits per heavy atom. The standard InChI is InChI=1S/C28H26F3N3O4/c1-17-24(26(37)20-6-3-2-4-7-20)25(19-12-10-18(15-32)11-13-19)33(16-23(35)36)27(38)34(17)22-9-5-8-21(14-22)28(29,30)31/h5,8-14,20,25H,2-4,6-7,16H2,1H3,(H,35,36). The van der Waals surface area contributed by atoms with Crippen LogP contribution in [0.3, 0.4) is 0 Å². The highest BCUT2D eigenvalue weighted by Gasteiger charge is 2.44. The highest BCUT2D eigenvalue weighted by molar-refractivity contribution is 6.07. The number of anilines is 1. The fourth-order valence-electron chi connectivity index (χ4n) is 5.27. The van der Waals surface area contributed by atoms with Crippen LogP contribution in [0.4, 0.5) is 23.7 Å². The zero-order chi connectivity index (χ0) is 27.6. The highest BCUT2D eigenvalue weighted by Crippen LogP contribution is 2.43. The number of carboxylic acids is 1. The van der Waals surface area contributed by atoms with E-state index in [0.29, 0.717) is 24.0 Å². The summed E-state index contributed by atoms with van der Waals surface area (Å²) in [6.45, 7) is 0.719. The molecule has 7 nitrogen and oxygen atoms in total. The average molecular weight is 526 g/mol. The molecule has 0 spiro atoms. The topological polar surface area (TPSA) is 102 Å². The maximum absolute atomic E-state index is 14.0. The Labute approximate surface area is 217 Å². The molecule has 2 aliphatic rings. The second-order valence-electron chi connectivity index (χ2n) is 9.52. The summed E-state index contributed by atoms with van der Waals surface area (Å²) in [5.74, 6) is -1.95. The number of carboxylic acid groups (broad SMARTS) is 1. The Morgan fingerprint density at radius 3 is 2.32 bits per heavy atom. The van der Waals surface area contributed by atoms with E-state index in [4.69, 9.17) is 0 Å². The van der Waals surface area contributed by atoms with Gasteiger partial charge in [0.1, 0.15) is 6.54 Å². The Hall–Kier alpha value is -4.13. The SMILES string of the molecule is CC1=C(C(=O)C2CCCCC2)C(c2ccc(C#N)cc2)N(CC(=O)O)C(=O)N1c1cccc(C(F)(F)F)c1. The van der Waals surface area contributed by atoms with Crippen LogP contribution in [0.1, 0.15) is 61.8 Å². The lowest BCUT2D eigenvalue weighted by atomic mass is 9.79. The second-order valence-corrected chi connectivity index (χ2v) is 9.52. The number of carbonyl (C=O) groups is 3. The molecule has 1 saturated carbocycles. The summed E-state index contributed by atoms with van der Waals surface area (Å²) in [6.07, 6.45) is -0.725. The summed E-state index contributed by atoms with van der Waals surface area (Å²) >= 11 is 0. The minimum absolute atomic E-state index is 0.120. The molecule has 2 aromatic rings. The van der Waals surface area contributed by atoms with Crippen molar-refractivity contribution in [3.63, 3.8) is 0 Å². The molecule has 2 aromatic carbocycles. The Kier molecular flexibility index (Phi) is 7.58. The predicted molar refractivity (Wildman–Crippen MR) is 132 cm³/mol. The van der Waals surface area contributed by atoms with E-state index in [-0.39, 0.29) is 28.7 Å². The van der Waals surface area contributed by atoms with Crippen molar-refractivity contribution < 1.29 is 32.7 Å². The van der Waals surface area contributed by atoms with Gasteiger partial charge < -0.3 is 10.0 Å². The number of rotatable bonds is 6. The van der Waals surface area contributed by atoms with Gasteiger partial charge in [-0.3, -0.25) is 14.5 Å². The van der Waals surface area contributed by atoms with Gasteiger partial charge in [0.05, 0.1) is 28.9 Å². The molecule has 2 amide bonds. The van der Waals surface area contributed by atoms with Gasteiger partial charge in [0.2, 0.25) is 0 Å². The number of allylic oxidation sites excluding steroid dienone is 1. The molecule has 1 N–H and O–H groups in total. The summed E-state index contributed by atoms with van der Waals surface area (Å²) in [4.78, 5) is 41.7. The van der Waals surface area contributed by atoms with E-state index in [2.05, 4.69) is 0 Å². The summed E-state index contributed by atoms with van der Waals surface area (Å²) in [7, 11) is 0. The van der Waals surface area contributed by atoms with Crippen LogP contribution in [0.2, 0.25) is 0 Å². The van der Waals surface area contributed by atoms with E-state index in [1.54, 1.807) is 12.1 Å². The molecule has 0 bridgehead atoms. The summed E-state index contributed by atoms with van der Waals surface area (Å²) in [5.41, 5.74) is -0.00613. The Bertz CT molecular complexity index is 1320. The van der Waals surface area contributed by atoms with Crippen molar-refractivity contribution in [2.45, 2.75) is 51.2 Å². The van der Waals surface area contributed by atoms with Crippen LogP contribution in [0.15, 0.2) is 59.8 Å². The fraction of sp³-hybridized carbons (Fsp3) is 0.357. The third kappa shape index (κ3) is 5.28. The summed E-state index contributed by atoms with van der Waals surface area (Å²) in [5, 5.41) is 18.9. The second kappa shape index (κ2) is 10.7. The maximum atomic E-state index is 14.0. The zero-order valence-corrected chi connectivity index (χ0v) is 20.7. The van der Waals surface area contributed by atoms with Crippen molar-refractivity contribution in [1.29, 1.82) is 5.26 Å². The Balaban J connectivity index is 1.94. The molecule has 10 heteroatoms. The van der Waals surface area contributed by atoms with Crippen LogP contribution >= 0.6 is 0 Å².